The molecule has 4 unspecified atom stereocenters. The average Bonchev–Trinajstić information content (AvgIpc) is 3.25. The van der Waals surface area contributed by atoms with Gasteiger partial charge in [0.2, 0.25) is 5.91 Å². The first-order chi connectivity index (χ1) is 13.9. The van der Waals surface area contributed by atoms with E-state index in [4.69, 9.17) is 10.7 Å². The van der Waals surface area contributed by atoms with Crippen LogP contribution in [0.4, 0.5) is 0 Å². The molecule has 2 heterocycles. The number of ketones is 1. The van der Waals surface area contributed by atoms with E-state index >= 15 is 0 Å². The molecule has 0 saturated heterocycles. The van der Waals surface area contributed by atoms with E-state index in [0.717, 1.165) is 35.9 Å². The maximum Gasteiger partial charge on any atom is 0.231 e. The maximum atomic E-state index is 13.3. The van der Waals surface area contributed by atoms with Crippen LogP contribution in [0.2, 0.25) is 0 Å². The second-order valence-corrected chi connectivity index (χ2v) is 10.3. The predicted octanol–water partition coefficient (Wildman–Crippen LogP) is 4.07. The number of hydrogen-bond donors (Lipinski definition) is 1. The highest BCUT2D eigenvalue weighted by atomic mass is 32.1. The summed E-state index contributed by atoms with van der Waals surface area (Å²) in [5.41, 5.74) is 5.58. The van der Waals surface area contributed by atoms with E-state index in [1.807, 2.05) is 12.1 Å². The topological polar surface area (TPSA) is 75.8 Å². The number of fused-ring (bicyclic) bond motifs is 2. The molecule has 5 nitrogen and oxygen atoms in total. The molecule has 6 heteroatoms. The number of nitrogens with zero attached hydrogens (tertiary/aromatic N) is 2. The summed E-state index contributed by atoms with van der Waals surface area (Å²) in [7, 11) is 1.68. The van der Waals surface area contributed by atoms with Crippen molar-refractivity contribution in [3.05, 3.63) is 35.2 Å². The zero-order valence-corrected chi connectivity index (χ0v) is 17.7. The van der Waals surface area contributed by atoms with Crippen LogP contribution >= 0.6 is 11.3 Å². The van der Waals surface area contributed by atoms with E-state index in [1.165, 1.54) is 9.60 Å². The molecule has 2 aliphatic carbocycles. The molecule has 0 bridgehead atoms. The molecular weight excluding hydrogens is 382 g/mol. The number of hydrogen-bond acceptors (Lipinski definition) is 5. The maximum absolute atomic E-state index is 13.3. The molecule has 0 spiro atoms. The Morgan fingerprint density at radius 2 is 2.07 bits per heavy atom. The van der Waals surface area contributed by atoms with E-state index in [0.29, 0.717) is 35.9 Å². The van der Waals surface area contributed by atoms with Crippen molar-refractivity contribution < 1.29 is 9.59 Å². The second kappa shape index (κ2) is 6.66. The first kappa shape index (κ1) is 18.8. The van der Waals surface area contributed by atoms with E-state index in [2.05, 4.69) is 25.1 Å². The molecule has 5 rings (SSSR count). The molecule has 1 aromatic carbocycles. The number of rotatable bonds is 3. The normalized spacial score (nSPS) is 34.5. The standard InChI is InChI=1S/C23H27N3O2S/c1-23(12-19(27)26(2)22(24)25-23)14-7-5-8-15-16(11-14)20(15)21(28)18-10-13-6-3-4-9-17(13)29-18/h3-4,6,9-10,14-16,20H,5,7-8,11-12H2,1-2H3,(H2,24,25)/t14?,15?,16?,20?,23-/m0/s1. The van der Waals surface area contributed by atoms with Crippen LogP contribution in [0.1, 0.15) is 48.7 Å². The van der Waals surface area contributed by atoms with Gasteiger partial charge in [0.1, 0.15) is 0 Å². The molecule has 152 valence electrons. The second-order valence-electron chi connectivity index (χ2n) is 9.19. The number of aliphatic imine (C=N–C) groups is 1. The van der Waals surface area contributed by atoms with Crippen LogP contribution < -0.4 is 5.73 Å². The lowest BCUT2D eigenvalue weighted by molar-refractivity contribution is -0.129. The molecule has 2 aromatic rings. The SMILES string of the molecule is CN1C(=O)C[C@@](C)(C2CCCC3C(C2)C3C(=O)c2cc3ccccc3s2)N=C1N. The first-order valence-electron chi connectivity index (χ1n) is 10.5. The van der Waals surface area contributed by atoms with Crippen LogP contribution in [-0.4, -0.2) is 35.1 Å². The van der Waals surface area contributed by atoms with E-state index in [-0.39, 0.29) is 11.8 Å². The molecule has 2 fully saturated rings. The quantitative estimate of drug-likeness (QED) is 0.777. The zero-order valence-electron chi connectivity index (χ0n) is 16.9. The summed E-state index contributed by atoms with van der Waals surface area (Å²) in [4.78, 5) is 32.7. The van der Waals surface area contributed by atoms with Crippen molar-refractivity contribution in [1.82, 2.24) is 4.90 Å². The van der Waals surface area contributed by atoms with Gasteiger partial charge in [0, 0.05) is 17.7 Å². The zero-order chi connectivity index (χ0) is 20.3. The van der Waals surface area contributed by atoms with E-state index < -0.39 is 5.54 Å². The fourth-order valence-corrected chi connectivity index (χ4v) is 6.64. The Kier molecular flexibility index (Phi) is 4.32. The van der Waals surface area contributed by atoms with Crippen molar-refractivity contribution in [2.24, 2.45) is 34.4 Å². The van der Waals surface area contributed by atoms with Crippen LogP contribution in [0.3, 0.4) is 0 Å². The monoisotopic (exact) mass is 409 g/mol. The van der Waals surface area contributed by atoms with Gasteiger partial charge in [-0.2, -0.15) is 0 Å². The Morgan fingerprint density at radius 1 is 1.28 bits per heavy atom. The van der Waals surface area contributed by atoms with Gasteiger partial charge in [-0.15, -0.1) is 11.3 Å². The minimum Gasteiger partial charge on any atom is -0.369 e. The van der Waals surface area contributed by atoms with Crippen molar-refractivity contribution in [3.63, 3.8) is 0 Å². The average molecular weight is 410 g/mol. The summed E-state index contributed by atoms with van der Waals surface area (Å²) in [5.74, 6) is 2.02. The summed E-state index contributed by atoms with van der Waals surface area (Å²) in [6, 6.07) is 10.3. The van der Waals surface area contributed by atoms with E-state index in [1.54, 1.807) is 18.4 Å². The molecule has 5 atom stereocenters. The highest BCUT2D eigenvalue weighted by Gasteiger charge is 2.57. The number of benzene rings is 1. The number of Topliss-reactive ketones (excluding diaryl/α,β-unsaturated/α-hetero) is 1. The number of thiophene rings is 1. The van der Waals surface area contributed by atoms with Gasteiger partial charge >= 0.3 is 0 Å². The van der Waals surface area contributed by atoms with Crippen molar-refractivity contribution in [1.29, 1.82) is 0 Å². The molecule has 1 amide bonds. The lowest BCUT2D eigenvalue weighted by Gasteiger charge is -2.39. The van der Waals surface area contributed by atoms with Crippen LogP contribution in [0, 0.1) is 23.7 Å². The number of nitrogens with two attached hydrogens (primary N) is 1. The molecule has 1 aliphatic heterocycles. The molecule has 1 aromatic heterocycles. The molecule has 2 N–H and O–H groups in total. The molecule has 3 aliphatic rings. The lowest BCUT2D eigenvalue weighted by Crippen LogP contribution is -2.51. The lowest BCUT2D eigenvalue weighted by atomic mass is 9.76. The van der Waals surface area contributed by atoms with Crippen molar-refractivity contribution in [3.8, 4) is 0 Å². The van der Waals surface area contributed by atoms with Crippen molar-refractivity contribution >= 4 is 39.1 Å². The predicted molar refractivity (Wildman–Crippen MR) is 116 cm³/mol. The van der Waals surface area contributed by atoms with Gasteiger partial charge < -0.3 is 5.73 Å². The van der Waals surface area contributed by atoms with Crippen LogP contribution in [0.15, 0.2) is 35.3 Å². The van der Waals surface area contributed by atoms with Crippen LogP contribution in [0.5, 0.6) is 0 Å². The molecule has 2 saturated carbocycles. The third kappa shape index (κ3) is 3.08. The largest absolute Gasteiger partial charge is 0.369 e. The summed E-state index contributed by atoms with van der Waals surface area (Å²) in [6.45, 7) is 2.07. The Balaban J connectivity index is 1.36. The Bertz CT molecular complexity index is 995. The smallest absolute Gasteiger partial charge is 0.231 e. The van der Waals surface area contributed by atoms with Crippen molar-refractivity contribution in [2.75, 3.05) is 7.05 Å². The van der Waals surface area contributed by atoms with Gasteiger partial charge in [-0.05, 0) is 61.5 Å². The summed E-state index contributed by atoms with van der Waals surface area (Å²) >= 11 is 1.62. The fraction of sp³-hybridized carbons (Fsp3) is 0.522. The van der Waals surface area contributed by atoms with Gasteiger partial charge in [0.25, 0.3) is 0 Å². The molecule has 29 heavy (non-hydrogen) atoms. The fourth-order valence-electron chi connectivity index (χ4n) is 5.59. The Hall–Kier alpha value is -2.21. The minimum atomic E-state index is -0.448. The Labute approximate surface area is 175 Å². The number of guanidine groups is 1. The highest BCUT2D eigenvalue weighted by molar-refractivity contribution is 7.20. The van der Waals surface area contributed by atoms with Gasteiger partial charge in [0.05, 0.1) is 16.8 Å². The highest BCUT2D eigenvalue weighted by Crippen LogP contribution is 2.58. The Morgan fingerprint density at radius 3 is 2.83 bits per heavy atom. The third-order valence-corrected chi connectivity index (χ3v) is 8.56. The summed E-state index contributed by atoms with van der Waals surface area (Å²) in [5, 5.41) is 1.15. The number of carbonyl (C=O) groups excluding carboxylic acids is 2. The van der Waals surface area contributed by atoms with Gasteiger partial charge in [-0.3, -0.25) is 14.5 Å². The first-order valence-corrected chi connectivity index (χ1v) is 11.3. The van der Waals surface area contributed by atoms with Crippen LogP contribution in [-0.2, 0) is 4.79 Å². The van der Waals surface area contributed by atoms with Gasteiger partial charge in [0.15, 0.2) is 11.7 Å². The summed E-state index contributed by atoms with van der Waals surface area (Å²) in [6.07, 6.45) is 4.63. The van der Waals surface area contributed by atoms with Crippen LogP contribution in [0.25, 0.3) is 10.1 Å². The van der Waals surface area contributed by atoms with Gasteiger partial charge in [-0.1, -0.05) is 24.6 Å². The third-order valence-electron chi connectivity index (χ3n) is 7.43. The number of amides is 1. The molecular formula is C23H27N3O2S. The molecule has 0 radical (unpaired) electrons. The van der Waals surface area contributed by atoms with Crippen molar-refractivity contribution in [2.45, 2.75) is 44.6 Å². The van der Waals surface area contributed by atoms with E-state index in [9.17, 15) is 9.59 Å². The number of carbonyl (C=O) groups is 2. The minimum absolute atomic E-state index is 0.0366. The summed E-state index contributed by atoms with van der Waals surface area (Å²) < 4.78 is 1.18. The van der Waals surface area contributed by atoms with Gasteiger partial charge in [-0.25, -0.2) is 4.99 Å².